The topological polar surface area (TPSA) is 101 Å². The third-order valence-corrected chi connectivity index (χ3v) is 8.26. The lowest BCUT2D eigenvalue weighted by atomic mass is 10.2. The van der Waals surface area contributed by atoms with E-state index < -0.39 is 5.82 Å². The molecular formula is C31H34FN5O4S. The first-order valence-electron chi connectivity index (χ1n) is 14.0. The number of hydrogen-bond acceptors (Lipinski definition) is 8. The highest BCUT2D eigenvalue weighted by molar-refractivity contribution is 7.14. The highest BCUT2D eigenvalue weighted by Gasteiger charge is 2.21. The number of piperazine rings is 1. The van der Waals surface area contributed by atoms with Gasteiger partial charge in [-0.05, 0) is 56.2 Å². The van der Waals surface area contributed by atoms with E-state index in [0.717, 1.165) is 42.1 Å². The van der Waals surface area contributed by atoms with Gasteiger partial charge in [-0.3, -0.25) is 14.5 Å². The SMILES string of the molecule is Cc1cc(C)c(C(=O)NCCC(=O)N2CCN(CCCOc3ccc(-c4noc(-c5ccccc5)n4)c(F)c3)CC2)s1. The number of carbonyl (C=O) groups excluding carboxylic acids is 2. The van der Waals surface area contributed by atoms with Crippen molar-refractivity contribution >= 4 is 23.2 Å². The van der Waals surface area contributed by atoms with E-state index in [4.69, 9.17) is 9.26 Å². The molecule has 1 fully saturated rings. The van der Waals surface area contributed by atoms with Crippen LogP contribution in [0.5, 0.6) is 5.75 Å². The summed E-state index contributed by atoms with van der Waals surface area (Å²) in [7, 11) is 0. The second-order valence-electron chi connectivity index (χ2n) is 10.2. The van der Waals surface area contributed by atoms with Crippen molar-refractivity contribution in [3.63, 3.8) is 0 Å². The van der Waals surface area contributed by atoms with Crippen molar-refractivity contribution in [3.8, 4) is 28.6 Å². The first kappa shape index (κ1) is 29.4. The summed E-state index contributed by atoms with van der Waals surface area (Å²) in [5.41, 5.74) is 1.98. The molecule has 0 radical (unpaired) electrons. The molecule has 1 saturated heterocycles. The Balaban J connectivity index is 0.989. The number of thiophene rings is 1. The summed E-state index contributed by atoms with van der Waals surface area (Å²) in [5, 5.41) is 6.79. The van der Waals surface area contributed by atoms with E-state index in [-0.39, 0.29) is 23.2 Å². The van der Waals surface area contributed by atoms with Gasteiger partial charge in [0.2, 0.25) is 11.7 Å². The number of carbonyl (C=O) groups is 2. The van der Waals surface area contributed by atoms with Crippen molar-refractivity contribution in [2.75, 3.05) is 45.9 Å². The molecule has 0 spiro atoms. The highest BCUT2D eigenvalue weighted by Crippen LogP contribution is 2.27. The maximum atomic E-state index is 14.8. The standard InChI is InChI=1S/C31H34FN5O4S/c1-21-19-22(2)42-28(21)30(39)33-12-11-27(38)37-16-14-36(15-17-37)13-6-18-40-24-9-10-25(26(32)20-24)29-34-31(41-35-29)23-7-4-3-5-8-23/h3-5,7-10,19-20H,6,11-18H2,1-2H3,(H,33,39). The van der Waals surface area contributed by atoms with Crippen molar-refractivity contribution < 1.29 is 23.2 Å². The van der Waals surface area contributed by atoms with E-state index in [9.17, 15) is 14.0 Å². The van der Waals surface area contributed by atoms with Crippen molar-refractivity contribution in [3.05, 3.63) is 75.7 Å². The minimum Gasteiger partial charge on any atom is -0.493 e. The Morgan fingerprint density at radius 3 is 2.57 bits per heavy atom. The third-order valence-electron chi connectivity index (χ3n) is 7.11. The summed E-state index contributed by atoms with van der Waals surface area (Å²) >= 11 is 1.47. The minimum atomic E-state index is -0.481. The van der Waals surface area contributed by atoms with Crippen molar-refractivity contribution in [1.29, 1.82) is 0 Å². The van der Waals surface area contributed by atoms with Gasteiger partial charge >= 0.3 is 0 Å². The zero-order chi connectivity index (χ0) is 29.5. The smallest absolute Gasteiger partial charge is 0.261 e. The molecule has 2 aromatic carbocycles. The summed E-state index contributed by atoms with van der Waals surface area (Å²) in [4.78, 5) is 35.3. The number of benzene rings is 2. The molecular weight excluding hydrogens is 557 g/mol. The molecule has 0 bridgehead atoms. The van der Waals surface area contributed by atoms with Crippen LogP contribution in [0.25, 0.3) is 22.8 Å². The number of ether oxygens (including phenoxy) is 1. The molecule has 0 atom stereocenters. The Hall–Kier alpha value is -4.09. The van der Waals surface area contributed by atoms with Crippen LogP contribution in [0.1, 0.15) is 33.0 Å². The molecule has 3 heterocycles. The number of rotatable bonds is 11. The quantitative estimate of drug-likeness (QED) is 0.246. The Kier molecular flexibility index (Phi) is 9.60. The van der Waals surface area contributed by atoms with E-state index in [1.165, 1.54) is 17.4 Å². The summed E-state index contributed by atoms with van der Waals surface area (Å²) in [5.74, 6) is 0.413. The number of nitrogens with one attached hydrogen (secondary N) is 1. The molecule has 11 heteroatoms. The maximum Gasteiger partial charge on any atom is 0.261 e. The van der Waals surface area contributed by atoms with Crippen LogP contribution < -0.4 is 10.1 Å². The molecule has 2 aromatic heterocycles. The molecule has 1 aliphatic heterocycles. The zero-order valence-electron chi connectivity index (χ0n) is 23.8. The van der Waals surface area contributed by atoms with E-state index in [2.05, 4.69) is 20.4 Å². The van der Waals surface area contributed by atoms with Crippen molar-refractivity contribution in [2.24, 2.45) is 0 Å². The van der Waals surface area contributed by atoms with E-state index >= 15 is 0 Å². The average Bonchev–Trinajstić information content (AvgIpc) is 3.62. The monoisotopic (exact) mass is 591 g/mol. The van der Waals surface area contributed by atoms with Gasteiger partial charge in [0.05, 0.1) is 17.0 Å². The van der Waals surface area contributed by atoms with Crippen LogP contribution in [-0.2, 0) is 4.79 Å². The molecule has 2 amide bonds. The third kappa shape index (κ3) is 7.40. The van der Waals surface area contributed by atoms with Gasteiger partial charge in [0, 0.05) is 62.2 Å². The molecule has 4 aromatic rings. The van der Waals surface area contributed by atoms with Gasteiger partial charge in [0.15, 0.2) is 0 Å². The van der Waals surface area contributed by atoms with Gasteiger partial charge in [-0.25, -0.2) is 4.39 Å². The Morgan fingerprint density at radius 1 is 1.07 bits per heavy atom. The maximum absolute atomic E-state index is 14.8. The summed E-state index contributed by atoms with van der Waals surface area (Å²) in [6.45, 7) is 8.38. The van der Waals surface area contributed by atoms with Crippen LogP contribution in [0, 0.1) is 19.7 Å². The Bertz CT molecular complexity index is 1510. The highest BCUT2D eigenvalue weighted by atomic mass is 32.1. The van der Waals surface area contributed by atoms with Gasteiger partial charge in [0.1, 0.15) is 11.6 Å². The molecule has 1 aliphatic rings. The zero-order valence-corrected chi connectivity index (χ0v) is 24.6. The number of aryl methyl sites for hydroxylation is 2. The summed E-state index contributed by atoms with van der Waals surface area (Å²) < 4.78 is 25.9. The predicted octanol–water partition coefficient (Wildman–Crippen LogP) is 4.95. The van der Waals surface area contributed by atoms with Crippen LogP contribution in [0.3, 0.4) is 0 Å². The van der Waals surface area contributed by atoms with Crippen LogP contribution in [-0.4, -0.2) is 77.6 Å². The lowest BCUT2D eigenvalue weighted by molar-refractivity contribution is -0.132. The fourth-order valence-corrected chi connectivity index (χ4v) is 5.83. The number of hydrogen-bond donors (Lipinski definition) is 1. The average molecular weight is 592 g/mol. The van der Waals surface area contributed by atoms with Crippen LogP contribution in [0.15, 0.2) is 59.1 Å². The van der Waals surface area contributed by atoms with Crippen LogP contribution in [0.4, 0.5) is 4.39 Å². The molecule has 0 unspecified atom stereocenters. The molecule has 42 heavy (non-hydrogen) atoms. The fraction of sp³-hybridized carbons (Fsp3) is 0.355. The summed E-state index contributed by atoms with van der Waals surface area (Å²) in [6.07, 6.45) is 1.06. The first-order chi connectivity index (χ1) is 20.4. The predicted molar refractivity (Wildman–Crippen MR) is 159 cm³/mol. The second-order valence-corrected chi connectivity index (χ2v) is 11.5. The molecule has 220 valence electrons. The van der Waals surface area contributed by atoms with E-state index in [1.807, 2.05) is 55.1 Å². The Labute approximate surface area is 248 Å². The molecule has 5 rings (SSSR count). The number of halogens is 1. The molecule has 1 N–H and O–H groups in total. The van der Waals surface area contributed by atoms with Gasteiger partial charge in [-0.2, -0.15) is 4.98 Å². The second kappa shape index (κ2) is 13.7. The molecule has 9 nitrogen and oxygen atoms in total. The van der Waals surface area contributed by atoms with Crippen LogP contribution >= 0.6 is 11.3 Å². The minimum absolute atomic E-state index is 0.0555. The van der Waals surface area contributed by atoms with E-state index in [1.54, 1.807) is 12.1 Å². The van der Waals surface area contributed by atoms with Crippen molar-refractivity contribution in [1.82, 2.24) is 25.3 Å². The lowest BCUT2D eigenvalue weighted by Crippen LogP contribution is -2.49. The largest absolute Gasteiger partial charge is 0.493 e. The first-order valence-corrected chi connectivity index (χ1v) is 14.9. The van der Waals surface area contributed by atoms with E-state index in [0.29, 0.717) is 49.2 Å². The Morgan fingerprint density at radius 2 is 1.86 bits per heavy atom. The number of amides is 2. The van der Waals surface area contributed by atoms with Gasteiger partial charge in [-0.15, -0.1) is 11.3 Å². The lowest BCUT2D eigenvalue weighted by Gasteiger charge is -2.34. The number of aromatic nitrogens is 2. The molecule has 0 aliphatic carbocycles. The van der Waals surface area contributed by atoms with Gasteiger partial charge < -0.3 is 19.5 Å². The normalized spacial score (nSPS) is 13.7. The summed E-state index contributed by atoms with van der Waals surface area (Å²) in [6, 6.07) is 16.0. The molecule has 0 saturated carbocycles. The fourth-order valence-electron chi connectivity index (χ4n) is 4.89. The van der Waals surface area contributed by atoms with Gasteiger partial charge in [-0.1, -0.05) is 23.4 Å². The van der Waals surface area contributed by atoms with Crippen molar-refractivity contribution in [2.45, 2.75) is 26.7 Å². The number of nitrogens with zero attached hydrogens (tertiary/aromatic N) is 4. The van der Waals surface area contributed by atoms with Crippen LogP contribution in [0.2, 0.25) is 0 Å². The van der Waals surface area contributed by atoms with Gasteiger partial charge in [0.25, 0.3) is 11.8 Å².